The predicted molar refractivity (Wildman–Crippen MR) is 144 cm³/mol. The first kappa shape index (κ1) is 29.7. The Bertz CT molecular complexity index is 872. The summed E-state index contributed by atoms with van der Waals surface area (Å²) in [5.74, 6) is -0.253. The quantitative estimate of drug-likeness (QED) is 0.409. The maximum atomic E-state index is 14.2. The number of carbonyl (C=O) groups is 3. The molecule has 3 atom stereocenters. The van der Waals surface area contributed by atoms with Crippen LogP contribution in [-0.4, -0.2) is 46.5 Å². The van der Waals surface area contributed by atoms with E-state index in [1.807, 2.05) is 52.0 Å². The van der Waals surface area contributed by atoms with Gasteiger partial charge in [0.15, 0.2) is 0 Å². The Morgan fingerprint density at radius 2 is 1.67 bits per heavy atom. The maximum absolute atomic E-state index is 14.2. The lowest BCUT2D eigenvalue weighted by atomic mass is 9.87. The molecular weight excluding hydrogens is 454 g/mol. The molecule has 1 aromatic carbocycles. The van der Waals surface area contributed by atoms with Crippen LogP contribution < -0.4 is 10.6 Å². The summed E-state index contributed by atoms with van der Waals surface area (Å²) in [5, 5.41) is 5.96. The molecule has 202 valence electrons. The minimum Gasteiger partial charge on any atom is -0.444 e. The van der Waals surface area contributed by atoms with E-state index in [1.54, 1.807) is 25.7 Å². The van der Waals surface area contributed by atoms with E-state index in [4.69, 9.17) is 4.74 Å². The van der Waals surface area contributed by atoms with Crippen molar-refractivity contribution in [2.75, 3.05) is 0 Å². The van der Waals surface area contributed by atoms with Gasteiger partial charge in [-0.25, -0.2) is 4.79 Å². The standard InChI is InChI=1S/C29H47N3O4/c1-9-11-21(5)30-26(33)25(22-16-14-20(4)15-17-22)32(23-12-10-13-23)27(34)24(18-19(2)3)31-28(35)36-29(6,7)8/h14-17,19,21,23-25H,9-13,18H2,1-8H3,(H,30,33)(H,31,35). The van der Waals surface area contributed by atoms with Crippen molar-refractivity contribution in [3.63, 3.8) is 0 Å². The number of carbonyl (C=O) groups excluding carboxylic acids is 3. The number of amides is 3. The van der Waals surface area contributed by atoms with E-state index >= 15 is 0 Å². The monoisotopic (exact) mass is 501 g/mol. The van der Waals surface area contributed by atoms with E-state index in [0.29, 0.717) is 6.42 Å². The molecule has 0 heterocycles. The highest BCUT2D eigenvalue weighted by molar-refractivity contribution is 5.92. The fourth-order valence-electron chi connectivity index (χ4n) is 4.52. The molecule has 2 N–H and O–H groups in total. The molecule has 0 spiro atoms. The van der Waals surface area contributed by atoms with Gasteiger partial charge in [-0.3, -0.25) is 9.59 Å². The van der Waals surface area contributed by atoms with Crippen LogP contribution in [0.1, 0.15) is 104 Å². The van der Waals surface area contributed by atoms with Crippen molar-refractivity contribution in [3.8, 4) is 0 Å². The molecule has 2 rings (SSSR count). The van der Waals surface area contributed by atoms with Crippen LogP contribution in [0.4, 0.5) is 4.79 Å². The second-order valence-electron chi connectivity index (χ2n) is 11.7. The topological polar surface area (TPSA) is 87.7 Å². The van der Waals surface area contributed by atoms with E-state index in [0.717, 1.165) is 43.2 Å². The molecule has 0 saturated heterocycles. The molecule has 1 aliphatic rings. The summed E-state index contributed by atoms with van der Waals surface area (Å²) in [6.07, 6.45) is 4.34. The van der Waals surface area contributed by atoms with Crippen LogP contribution in [0.5, 0.6) is 0 Å². The number of nitrogens with one attached hydrogen (secondary N) is 2. The number of ether oxygens (including phenoxy) is 1. The van der Waals surface area contributed by atoms with Gasteiger partial charge >= 0.3 is 6.09 Å². The third-order valence-electron chi connectivity index (χ3n) is 6.45. The van der Waals surface area contributed by atoms with Crippen molar-refractivity contribution in [1.29, 1.82) is 0 Å². The summed E-state index contributed by atoms with van der Waals surface area (Å²) in [6.45, 7) is 15.5. The summed E-state index contributed by atoms with van der Waals surface area (Å²) in [4.78, 5) is 42.3. The summed E-state index contributed by atoms with van der Waals surface area (Å²) in [7, 11) is 0. The number of rotatable bonds is 11. The number of hydrogen-bond donors (Lipinski definition) is 2. The second-order valence-corrected chi connectivity index (χ2v) is 11.7. The molecule has 0 aliphatic heterocycles. The Labute approximate surface area is 217 Å². The highest BCUT2D eigenvalue weighted by Gasteiger charge is 2.42. The number of alkyl carbamates (subject to hydrolysis) is 1. The third-order valence-corrected chi connectivity index (χ3v) is 6.45. The highest BCUT2D eigenvalue weighted by atomic mass is 16.6. The van der Waals surface area contributed by atoms with Gasteiger partial charge in [-0.15, -0.1) is 0 Å². The normalized spacial score (nSPS) is 16.5. The second kappa shape index (κ2) is 13.1. The average Bonchev–Trinajstić information content (AvgIpc) is 2.70. The van der Waals surface area contributed by atoms with E-state index in [1.165, 1.54) is 0 Å². The van der Waals surface area contributed by atoms with Crippen LogP contribution >= 0.6 is 0 Å². The number of hydrogen-bond acceptors (Lipinski definition) is 4. The van der Waals surface area contributed by atoms with E-state index in [-0.39, 0.29) is 29.8 Å². The molecule has 7 heteroatoms. The molecule has 1 fully saturated rings. The first-order valence-corrected chi connectivity index (χ1v) is 13.5. The summed E-state index contributed by atoms with van der Waals surface area (Å²) >= 11 is 0. The van der Waals surface area contributed by atoms with Crippen molar-refractivity contribution in [1.82, 2.24) is 15.5 Å². The van der Waals surface area contributed by atoms with Crippen molar-refractivity contribution in [2.45, 2.75) is 124 Å². The van der Waals surface area contributed by atoms with Gasteiger partial charge < -0.3 is 20.3 Å². The summed E-state index contributed by atoms with van der Waals surface area (Å²) in [5.41, 5.74) is 1.19. The van der Waals surface area contributed by atoms with Crippen LogP contribution in [0.2, 0.25) is 0 Å². The van der Waals surface area contributed by atoms with Gasteiger partial charge in [0.1, 0.15) is 17.7 Å². The zero-order valence-corrected chi connectivity index (χ0v) is 23.5. The van der Waals surface area contributed by atoms with Crippen molar-refractivity contribution in [3.05, 3.63) is 35.4 Å². The van der Waals surface area contributed by atoms with Gasteiger partial charge in [-0.2, -0.15) is 0 Å². The van der Waals surface area contributed by atoms with Crippen molar-refractivity contribution < 1.29 is 19.1 Å². The molecule has 36 heavy (non-hydrogen) atoms. The fourth-order valence-corrected chi connectivity index (χ4v) is 4.52. The zero-order chi connectivity index (χ0) is 27.0. The van der Waals surface area contributed by atoms with Gasteiger partial charge in [0, 0.05) is 12.1 Å². The molecule has 0 aromatic heterocycles. The van der Waals surface area contributed by atoms with Gasteiger partial charge in [0.2, 0.25) is 11.8 Å². The Hall–Kier alpha value is -2.57. The molecular formula is C29H47N3O4. The Balaban J connectivity index is 2.46. The lowest BCUT2D eigenvalue weighted by Gasteiger charge is -2.44. The number of benzene rings is 1. The van der Waals surface area contributed by atoms with Gasteiger partial charge in [0.05, 0.1) is 0 Å². The summed E-state index contributed by atoms with van der Waals surface area (Å²) in [6, 6.07) is 6.21. The zero-order valence-electron chi connectivity index (χ0n) is 23.5. The highest BCUT2D eigenvalue weighted by Crippen LogP contribution is 2.34. The van der Waals surface area contributed by atoms with Crippen LogP contribution in [0.15, 0.2) is 24.3 Å². The maximum Gasteiger partial charge on any atom is 0.408 e. The van der Waals surface area contributed by atoms with Gasteiger partial charge in [-0.05, 0) is 78.2 Å². The predicted octanol–water partition coefficient (Wildman–Crippen LogP) is 5.66. The van der Waals surface area contributed by atoms with Crippen LogP contribution in [-0.2, 0) is 14.3 Å². The van der Waals surface area contributed by atoms with E-state index in [2.05, 4.69) is 17.6 Å². The lowest BCUT2D eigenvalue weighted by molar-refractivity contribution is -0.148. The molecule has 0 radical (unpaired) electrons. The van der Waals surface area contributed by atoms with Crippen LogP contribution in [0.3, 0.4) is 0 Å². The first-order chi connectivity index (χ1) is 16.8. The Morgan fingerprint density at radius 3 is 2.14 bits per heavy atom. The van der Waals surface area contributed by atoms with Gasteiger partial charge in [0.25, 0.3) is 0 Å². The molecule has 3 unspecified atom stereocenters. The molecule has 1 aliphatic carbocycles. The number of nitrogens with zero attached hydrogens (tertiary/aromatic N) is 1. The summed E-state index contributed by atoms with van der Waals surface area (Å²) < 4.78 is 5.47. The SMILES string of the molecule is CCCC(C)NC(=O)C(c1ccc(C)cc1)N(C(=O)C(CC(C)C)NC(=O)OC(C)(C)C)C1CCC1. The third kappa shape index (κ3) is 8.82. The first-order valence-electron chi connectivity index (χ1n) is 13.5. The average molecular weight is 502 g/mol. The molecule has 3 amide bonds. The minimum atomic E-state index is -0.783. The molecule has 1 aromatic rings. The van der Waals surface area contributed by atoms with Crippen LogP contribution in [0.25, 0.3) is 0 Å². The van der Waals surface area contributed by atoms with E-state index in [9.17, 15) is 14.4 Å². The van der Waals surface area contributed by atoms with Crippen molar-refractivity contribution in [2.24, 2.45) is 5.92 Å². The lowest BCUT2D eigenvalue weighted by Crippen LogP contribution is -2.58. The largest absolute Gasteiger partial charge is 0.444 e. The van der Waals surface area contributed by atoms with Crippen LogP contribution in [0, 0.1) is 12.8 Å². The van der Waals surface area contributed by atoms with Gasteiger partial charge in [-0.1, -0.05) is 57.0 Å². The van der Waals surface area contributed by atoms with E-state index < -0.39 is 23.8 Å². The van der Waals surface area contributed by atoms with Crippen molar-refractivity contribution >= 4 is 17.9 Å². The number of aryl methyl sites for hydroxylation is 1. The Morgan fingerprint density at radius 1 is 1.06 bits per heavy atom. The molecule has 0 bridgehead atoms. The molecule has 7 nitrogen and oxygen atoms in total. The fraction of sp³-hybridized carbons (Fsp3) is 0.690. The Kier molecular flexibility index (Phi) is 10.8. The molecule has 1 saturated carbocycles. The smallest absolute Gasteiger partial charge is 0.408 e. The minimum absolute atomic E-state index is 0.000130.